The number of hydrogen-bond acceptors (Lipinski definition) is 21. The van der Waals surface area contributed by atoms with Gasteiger partial charge in [-0.2, -0.15) is 0 Å². The van der Waals surface area contributed by atoms with Gasteiger partial charge in [-0.1, -0.05) is 34.8 Å². The van der Waals surface area contributed by atoms with Crippen LogP contribution in [0, 0.1) is 16.2 Å². The molecule has 3 aromatic carbocycles. The summed E-state index contributed by atoms with van der Waals surface area (Å²) in [6.45, 7) is 3.98. The third kappa shape index (κ3) is 11.1. The number of nitrogens with zero attached hydrogens (tertiary/aromatic N) is 12. The Bertz CT molecular complexity index is 4930. The largest absolute Gasteiger partial charge is 0.490 e. The van der Waals surface area contributed by atoms with Crippen LogP contribution < -0.4 is 31.4 Å². The fourth-order valence-corrected chi connectivity index (χ4v) is 17.7. The number of ether oxygens (including phenoxy) is 5. The standard InChI is InChI=1S/C26H26ClN5O3.2C23H22ClN5O3/c1-25(2)34-21-20(32-6-5-18-23(28)30-13-31-24(18)32)11-26(22(21)35-25)9-17(10-26)33-16-4-3-14-7-15(27)12-29-19(14)8-16;2*24-13-5-12-1-2-14(6-17(12)26-10-13)32-15-7-23(8-15)9-18(19(30)20(23)31)29-4-3-16-21(25)27-11-28-22(16)29/h3-8,12-13,17,20-22H,9-11H2,1-2H3,(H2,28,30,31);2*1-6,10-11,15,18-20,30-31H,7-9H2,(H2,25,27,28)/t17?,20-,21+,22+,26?;2*15?,18-,19+,20+,23?/m111/s1. The van der Waals surface area contributed by atoms with Crippen LogP contribution in [-0.4, -0.2) is 140 Å². The summed E-state index contributed by atoms with van der Waals surface area (Å²) in [6.07, 6.45) is 18.3. The number of aliphatic hydroxyl groups excluding tert-OH is 4. The Morgan fingerprint density at radius 1 is 0.424 bits per heavy atom. The number of nitrogens with two attached hydrogens (primary N) is 3. The van der Waals surface area contributed by atoms with Gasteiger partial charge in [0.25, 0.3) is 0 Å². The number of nitrogen functional groups attached to an aromatic ring is 3. The summed E-state index contributed by atoms with van der Waals surface area (Å²) < 4.78 is 37.6. The Balaban J connectivity index is 0.000000111. The van der Waals surface area contributed by atoms with E-state index in [1.807, 2.05) is 133 Å². The molecule has 24 nitrogen and oxygen atoms in total. The number of fused-ring (bicyclic) bond motifs is 8. The molecule has 7 fully saturated rings. The molecule has 3 spiro atoms. The Kier molecular flexibility index (Phi) is 15.4. The lowest BCUT2D eigenvalue weighted by Gasteiger charge is -2.48. The maximum Gasteiger partial charge on any atom is 0.163 e. The number of anilines is 3. The van der Waals surface area contributed by atoms with Crippen LogP contribution in [0.2, 0.25) is 15.1 Å². The molecule has 27 heteroatoms. The predicted molar refractivity (Wildman–Crippen MR) is 373 cm³/mol. The minimum Gasteiger partial charge on any atom is -0.490 e. The lowest BCUT2D eigenvalue weighted by molar-refractivity contribution is -0.185. The molecule has 0 amide bonds. The van der Waals surface area contributed by atoms with Crippen LogP contribution in [-0.2, 0) is 9.47 Å². The second-order valence-corrected chi connectivity index (χ2v) is 29.7. The van der Waals surface area contributed by atoms with Crippen LogP contribution in [0.5, 0.6) is 17.2 Å². The van der Waals surface area contributed by atoms with Crippen molar-refractivity contribution in [2.45, 2.75) is 150 Å². The fraction of sp³-hybridized carbons (Fsp3) is 0.375. The van der Waals surface area contributed by atoms with Crippen molar-refractivity contribution in [2.75, 3.05) is 17.2 Å². The van der Waals surface area contributed by atoms with Gasteiger partial charge >= 0.3 is 0 Å². The summed E-state index contributed by atoms with van der Waals surface area (Å²) in [6, 6.07) is 28.3. The number of aliphatic hydroxyl groups is 4. The highest BCUT2D eigenvalue weighted by atomic mass is 35.5. The Morgan fingerprint density at radius 2 is 0.768 bits per heavy atom. The maximum absolute atomic E-state index is 10.9. The summed E-state index contributed by atoms with van der Waals surface area (Å²) >= 11 is 18.1. The van der Waals surface area contributed by atoms with E-state index in [0.717, 1.165) is 91.0 Å². The van der Waals surface area contributed by atoms with Crippen molar-refractivity contribution in [3.63, 3.8) is 0 Å². The van der Waals surface area contributed by atoms with Gasteiger partial charge in [0, 0.05) is 87.8 Å². The summed E-state index contributed by atoms with van der Waals surface area (Å²) in [5.74, 6) is 2.97. The van der Waals surface area contributed by atoms with Gasteiger partial charge in [-0.25, -0.2) is 29.9 Å². The van der Waals surface area contributed by atoms with Gasteiger partial charge < -0.3 is 75.0 Å². The minimum absolute atomic E-state index is 0.000559. The average Bonchev–Trinajstić information content (AvgIpc) is 1.55. The number of pyridine rings is 3. The van der Waals surface area contributed by atoms with E-state index < -0.39 is 30.2 Å². The van der Waals surface area contributed by atoms with Gasteiger partial charge in [-0.3, -0.25) is 15.0 Å². The molecule has 0 unspecified atom stereocenters. The zero-order valence-electron chi connectivity index (χ0n) is 53.7. The summed E-state index contributed by atoms with van der Waals surface area (Å²) in [4.78, 5) is 38.5. The topological polar surface area (TPSA) is 336 Å². The first kappa shape index (κ1) is 63.6. The molecule has 99 heavy (non-hydrogen) atoms. The van der Waals surface area contributed by atoms with Crippen LogP contribution in [0.1, 0.15) is 89.8 Å². The van der Waals surface area contributed by atoms with Crippen LogP contribution in [0.3, 0.4) is 0 Å². The number of benzene rings is 3. The third-order valence-electron chi connectivity index (χ3n) is 21.9. The molecule has 12 aromatic rings. The van der Waals surface area contributed by atoms with E-state index in [2.05, 4.69) is 49.4 Å². The molecule has 7 aliphatic rings. The van der Waals surface area contributed by atoms with Crippen LogP contribution in [0.4, 0.5) is 17.5 Å². The van der Waals surface area contributed by atoms with Gasteiger partial charge in [0.05, 0.1) is 103 Å². The Hall–Kier alpha value is -8.82. The van der Waals surface area contributed by atoms with Gasteiger partial charge in [0.1, 0.15) is 88.9 Å². The Labute approximate surface area is 581 Å². The van der Waals surface area contributed by atoms with E-state index in [1.54, 1.807) is 18.6 Å². The summed E-state index contributed by atoms with van der Waals surface area (Å²) in [7, 11) is 0. The highest BCUT2D eigenvalue weighted by Crippen LogP contribution is 2.64. The van der Waals surface area contributed by atoms with E-state index in [1.165, 1.54) is 19.0 Å². The first-order chi connectivity index (χ1) is 47.7. The highest BCUT2D eigenvalue weighted by Gasteiger charge is 2.67. The van der Waals surface area contributed by atoms with E-state index in [-0.39, 0.29) is 64.9 Å². The van der Waals surface area contributed by atoms with Gasteiger partial charge in [0.2, 0.25) is 0 Å². The van der Waals surface area contributed by atoms with Crippen molar-refractivity contribution in [2.24, 2.45) is 16.2 Å². The van der Waals surface area contributed by atoms with Crippen LogP contribution >= 0.6 is 34.8 Å². The molecule has 19 rings (SSSR count). The molecule has 508 valence electrons. The molecule has 6 saturated carbocycles. The maximum atomic E-state index is 10.9. The predicted octanol–water partition coefficient (Wildman–Crippen LogP) is 11.1. The van der Waals surface area contributed by atoms with Crippen molar-refractivity contribution in [1.82, 2.24) is 58.6 Å². The molecule has 0 bridgehead atoms. The smallest absolute Gasteiger partial charge is 0.163 e. The second-order valence-electron chi connectivity index (χ2n) is 28.4. The SMILES string of the molecule is CC1(C)O[C@H]2[C@H](n3ccc4c(N)ncnc43)CC3(CC(Oc4ccc5cc(Cl)cnc5c4)C3)[C@H]2O1.Nc1ncnc2c1ccn2[C@@H]1CC2(CC(Oc3ccc4cc(Cl)cnc4c3)C2)[C@@H](O)[C@H]1O.Nc1ncnc2c1ccn2[C@@H]1CC2(CC(Oc3ccc4cc(Cl)cnc4c3)C2)[C@@H](O)[C@H]1O. The number of rotatable bonds is 9. The fourth-order valence-electron chi connectivity index (χ4n) is 17.2. The monoisotopic (exact) mass is 1390 g/mol. The summed E-state index contributed by atoms with van der Waals surface area (Å²) in [5, 5.41) is 50.7. The van der Waals surface area contributed by atoms with Crippen molar-refractivity contribution >= 4 is 118 Å². The molecule has 9 aromatic heterocycles. The normalized spacial score (nSPS) is 30.2. The van der Waals surface area contributed by atoms with Crippen molar-refractivity contribution < 1.29 is 44.1 Å². The zero-order chi connectivity index (χ0) is 68.0. The third-order valence-corrected chi connectivity index (χ3v) is 22.5. The first-order valence-corrected chi connectivity index (χ1v) is 34.3. The van der Waals surface area contributed by atoms with Gasteiger partial charge in [0.15, 0.2) is 5.79 Å². The molecule has 1 aliphatic heterocycles. The van der Waals surface area contributed by atoms with Crippen molar-refractivity contribution in [3.05, 3.63) is 162 Å². The van der Waals surface area contributed by atoms with Crippen LogP contribution in [0.25, 0.3) is 65.8 Å². The lowest BCUT2D eigenvalue weighted by atomic mass is 9.64. The number of halogens is 3. The van der Waals surface area contributed by atoms with Crippen molar-refractivity contribution in [3.8, 4) is 17.2 Å². The second kappa shape index (κ2) is 23.9. The molecule has 0 radical (unpaired) electrons. The van der Waals surface area contributed by atoms with Crippen molar-refractivity contribution in [1.29, 1.82) is 0 Å². The first-order valence-electron chi connectivity index (χ1n) is 33.1. The van der Waals surface area contributed by atoms with Crippen LogP contribution in [0.15, 0.2) is 147 Å². The molecule has 6 aliphatic carbocycles. The highest BCUT2D eigenvalue weighted by molar-refractivity contribution is 6.31. The molecule has 10 N–H and O–H groups in total. The van der Waals surface area contributed by atoms with E-state index in [9.17, 15) is 20.4 Å². The number of hydrogen-bond donors (Lipinski definition) is 7. The van der Waals surface area contributed by atoms with E-state index >= 15 is 0 Å². The molecule has 10 heterocycles. The average molecular weight is 1400 g/mol. The van der Waals surface area contributed by atoms with Gasteiger partial charge in [-0.05, 0) is 144 Å². The van der Waals surface area contributed by atoms with Gasteiger partial charge in [-0.15, -0.1) is 0 Å². The lowest BCUT2D eigenvalue weighted by Crippen LogP contribution is -2.50. The minimum atomic E-state index is -0.891. The molecular formula is C72H70Cl3N15O9. The summed E-state index contributed by atoms with van der Waals surface area (Å²) in [5.41, 5.74) is 21.9. The van der Waals surface area contributed by atoms with E-state index in [4.69, 9.17) is 75.7 Å². The van der Waals surface area contributed by atoms with E-state index in [0.29, 0.717) is 82.3 Å². The molecule has 1 saturated heterocycles. The number of aromatic nitrogens is 12. The Morgan fingerprint density at radius 3 is 1.14 bits per heavy atom. The molecular weight excluding hydrogens is 1330 g/mol. The zero-order valence-corrected chi connectivity index (χ0v) is 56.0. The molecule has 9 atom stereocenters. The quantitative estimate of drug-likeness (QED) is 0.0706.